The summed E-state index contributed by atoms with van der Waals surface area (Å²) in [5, 5.41) is 10.8. The Balaban J connectivity index is 2.75. The van der Waals surface area contributed by atoms with E-state index in [9.17, 15) is 9.59 Å². The number of H-pyrrole nitrogens is 1. The lowest BCUT2D eigenvalue weighted by Crippen LogP contribution is -2.29. The number of rotatable bonds is 3. The second-order valence-electron chi connectivity index (χ2n) is 3.06. The standard InChI is InChI=1S/C10H11N3O2/c1-7-5-9(14)8(6-13-7)10(15)12-4-2-3-11/h5-6H,2,4H2,1H3,(H,12,15)(H,13,14). The van der Waals surface area contributed by atoms with Crippen LogP contribution in [0.25, 0.3) is 0 Å². The van der Waals surface area contributed by atoms with E-state index in [-0.39, 0.29) is 24.0 Å². The van der Waals surface area contributed by atoms with Crippen molar-refractivity contribution in [1.29, 1.82) is 5.26 Å². The number of hydrogen-bond acceptors (Lipinski definition) is 3. The molecule has 0 aliphatic heterocycles. The highest BCUT2D eigenvalue weighted by molar-refractivity contribution is 5.93. The van der Waals surface area contributed by atoms with Crippen molar-refractivity contribution in [3.63, 3.8) is 0 Å². The monoisotopic (exact) mass is 205 g/mol. The van der Waals surface area contributed by atoms with E-state index in [1.54, 1.807) is 6.92 Å². The Bertz CT molecular complexity index is 456. The van der Waals surface area contributed by atoms with E-state index in [0.29, 0.717) is 5.69 Å². The van der Waals surface area contributed by atoms with Gasteiger partial charge in [-0.1, -0.05) is 0 Å². The molecule has 78 valence electrons. The van der Waals surface area contributed by atoms with Crippen LogP contribution in [0.4, 0.5) is 0 Å². The summed E-state index contributed by atoms with van der Waals surface area (Å²) >= 11 is 0. The molecule has 0 radical (unpaired) electrons. The lowest BCUT2D eigenvalue weighted by Gasteiger charge is -2.01. The largest absolute Gasteiger partial charge is 0.364 e. The van der Waals surface area contributed by atoms with E-state index in [2.05, 4.69) is 10.3 Å². The molecule has 0 saturated carbocycles. The molecule has 0 spiro atoms. The number of carbonyl (C=O) groups is 1. The van der Waals surface area contributed by atoms with Crippen molar-refractivity contribution >= 4 is 5.91 Å². The average molecular weight is 205 g/mol. The molecule has 1 heterocycles. The quantitative estimate of drug-likeness (QED) is 0.697. The Hall–Kier alpha value is -2.09. The minimum Gasteiger partial charge on any atom is -0.364 e. The summed E-state index contributed by atoms with van der Waals surface area (Å²) in [6, 6.07) is 3.26. The molecule has 0 aromatic carbocycles. The molecule has 5 heteroatoms. The molecule has 15 heavy (non-hydrogen) atoms. The number of nitrogens with zero attached hydrogens (tertiary/aromatic N) is 1. The van der Waals surface area contributed by atoms with Crippen LogP contribution in [0.2, 0.25) is 0 Å². The number of amides is 1. The molecule has 0 unspecified atom stereocenters. The van der Waals surface area contributed by atoms with Crippen LogP contribution in [-0.2, 0) is 0 Å². The lowest BCUT2D eigenvalue weighted by molar-refractivity contribution is 0.0953. The van der Waals surface area contributed by atoms with Crippen LogP contribution in [0.3, 0.4) is 0 Å². The Morgan fingerprint density at radius 3 is 3.00 bits per heavy atom. The highest BCUT2D eigenvalue weighted by atomic mass is 16.2. The van der Waals surface area contributed by atoms with Crippen molar-refractivity contribution in [2.24, 2.45) is 0 Å². The maximum atomic E-state index is 11.4. The second kappa shape index (κ2) is 4.96. The van der Waals surface area contributed by atoms with Crippen molar-refractivity contribution in [3.8, 4) is 6.07 Å². The van der Waals surface area contributed by atoms with Crippen LogP contribution >= 0.6 is 0 Å². The fraction of sp³-hybridized carbons (Fsp3) is 0.300. The average Bonchev–Trinajstić information content (AvgIpc) is 2.17. The van der Waals surface area contributed by atoms with E-state index in [4.69, 9.17) is 5.26 Å². The summed E-state index contributed by atoms with van der Waals surface area (Å²) in [7, 11) is 0. The summed E-state index contributed by atoms with van der Waals surface area (Å²) in [6.45, 7) is 1.99. The molecule has 0 bridgehead atoms. The van der Waals surface area contributed by atoms with Crippen LogP contribution in [-0.4, -0.2) is 17.4 Å². The van der Waals surface area contributed by atoms with Gasteiger partial charge < -0.3 is 10.3 Å². The van der Waals surface area contributed by atoms with Crippen molar-refractivity contribution in [2.45, 2.75) is 13.3 Å². The van der Waals surface area contributed by atoms with Gasteiger partial charge in [-0.05, 0) is 6.92 Å². The number of nitriles is 1. The van der Waals surface area contributed by atoms with Crippen molar-refractivity contribution in [3.05, 3.63) is 33.7 Å². The fourth-order valence-corrected chi connectivity index (χ4v) is 1.08. The number of pyridine rings is 1. The van der Waals surface area contributed by atoms with Gasteiger partial charge in [0.25, 0.3) is 5.91 Å². The summed E-state index contributed by atoms with van der Waals surface area (Å²) in [5.41, 5.74) is 0.452. The zero-order valence-corrected chi connectivity index (χ0v) is 8.33. The zero-order chi connectivity index (χ0) is 11.3. The number of nitrogens with one attached hydrogen (secondary N) is 2. The van der Waals surface area contributed by atoms with E-state index in [1.165, 1.54) is 12.3 Å². The molecule has 1 aromatic heterocycles. The van der Waals surface area contributed by atoms with Crippen LogP contribution in [0.15, 0.2) is 17.1 Å². The van der Waals surface area contributed by atoms with E-state index < -0.39 is 5.91 Å². The van der Waals surface area contributed by atoms with Crippen LogP contribution in [0, 0.1) is 18.3 Å². The van der Waals surface area contributed by atoms with Gasteiger partial charge in [-0.25, -0.2) is 0 Å². The Kier molecular flexibility index (Phi) is 3.63. The maximum absolute atomic E-state index is 11.4. The Morgan fingerprint density at radius 2 is 2.40 bits per heavy atom. The van der Waals surface area contributed by atoms with Gasteiger partial charge >= 0.3 is 0 Å². The summed E-state index contributed by atoms with van der Waals surface area (Å²) in [5.74, 6) is -0.452. The van der Waals surface area contributed by atoms with Crippen molar-refractivity contribution in [2.75, 3.05) is 6.54 Å². The molecule has 0 saturated heterocycles. The third-order valence-corrected chi connectivity index (χ3v) is 1.82. The fourth-order valence-electron chi connectivity index (χ4n) is 1.08. The predicted octanol–water partition coefficient (Wildman–Crippen LogP) is 0.327. The van der Waals surface area contributed by atoms with Gasteiger partial charge in [0.15, 0.2) is 5.43 Å². The molecule has 0 aliphatic rings. The predicted molar refractivity (Wildman–Crippen MR) is 54.4 cm³/mol. The number of aromatic amines is 1. The summed E-state index contributed by atoms with van der Waals surface area (Å²) < 4.78 is 0. The molecule has 0 atom stereocenters. The highest BCUT2D eigenvalue weighted by Crippen LogP contribution is 1.91. The van der Waals surface area contributed by atoms with Gasteiger partial charge in [-0.2, -0.15) is 5.26 Å². The SMILES string of the molecule is Cc1cc(=O)c(C(=O)NCCC#N)c[nH]1. The molecular formula is C10H11N3O2. The van der Waals surface area contributed by atoms with Crippen molar-refractivity contribution in [1.82, 2.24) is 10.3 Å². The van der Waals surface area contributed by atoms with E-state index in [0.717, 1.165) is 0 Å². The minimum atomic E-state index is -0.452. The van der Waals surface area contributed by atoms with Gasteiger partial charge in [-0.15, -0.1) is 0 Å². The normalized spacial score (nSPS) is 9.33. The minimum absolute atomic E-state index is 0.0681. The maximum Gasteiger partial charge on any atom is 0.256 e. The third-order valence-electron chi connectivity index (χ3n) is 1.82. The lowest BCUT2D eigenvalue weighted by atomic mass is 10.2. The molecule has 1 rings (SSSR count). The molecule has 1 aromatic rings. The first-order valence-corrected chi connectivity index (χ1v) is 4.49. The Labute approximate surface area is 86.7 Å². The number of aromatic nitrogens is 1. The van der Waals surface area contributed by atoms with E-state index >= 15 is 0 Å². The number of aryl methyl sites for hydroxylation is 1. The van der Waals surface area contributed by atoms with Crippen LogP contribution < -0.4 is 10.7 Å². The zero-order valence-electron chi connectivity index (χ0n) is 8.33. The van der Waals surface area contributed by atoms with E-state index in [1.807, 2.05) is 6.07 Å². The molecule has 0 fully saturated rings. The first-order valence-electron chi connectivity index (χ1n) is 4.49. The molecule has 1 amide bonds. The second-order valence-corrected chi connectivity index (χ2v) is 3.06. The van der Waals surface area contributed by atoms with Gasteiger partial charge in [-0.3, -0.25) is 9.59 Å². The topological polar surface area (TPSA) is 85.8 Å². The number of hydrogen-bond donors (Lipinski definition) is 2. The van der Waals surface area contributed by atoms with Crippen LogP contribution in [0.5, 0.6) is 0 Å². The van der Waals surface area contributed by atoms with Gasteiger partial charge in [0.1, 0.15) is 5.56 Å². The Morgan fingerprint density at radius 1 is 1.67 bits per heavy atom. The van der Waals surface area contributed by atoms with Crippen molar-refractivity contribution < 1.29 is 4.79 Å². The molecule has 0 aliphatic carbocycles. The van der Waals surface area contributed by atoms with Gasteiger partial charge in [0.2, 0.25) is 0 Å². The smallest absolute Gasteiger partial charge is 0.256 e. The highest BCUT2D eigenvalue weighted by Gasteiger charge is 2.08. The van der Waals surface area contributed by atoms with Gasteiger partial charge in [0.05, 0.1) is 12.5 Å². The summed E-state index contributed by atoms with van der Waals surface area (Å²) in [4.78, 5) is 25.6. The van der Waals surface area contributed by atoms with Gasteiger partial charge in [0, 0.05) is 24.5 Å². The molecule has 5 nitrogen and oxygen atoms in total. The first kappa shape index (κ1) is 11.0. The summed E-state index contributed by atoms with van der Waals surface area (Å²) in [6.07, 6.45) is 1.61. The third kappa shape index (κ3) is 2.95. The number of carbonyl (C=O) groups excluding carboxylic acids is 1. The van der Waals surface area contributed by atoms with Crippen LogP contribution in [0.1, 0.15) is 22.5 Å². The molecule has 2 N–H and O–H groups in total. The first-order chi connectivity index (χ1) is 7.15. The molecular weight excluding hydrogens is 194 g/mol.